The number of nitrogens with zero attached hydrogens (tertiary/aromatic N) is 4. The molecule has 3 fully saturated rings. The molecule has 0 spiro atoms. The van der Waals surface area contributed by atoms with Gasteiger partial charge in [0.05, 0.1) is 17.2 Å². The van der Waals surface area contributed by atoms with Gasteiger partial charge in [-0.15, -0.1) is 11.3 Å². The number of pyridine rings is 1. The number of likely N-dealkylation sites (tertiary alicyclic amines) is 1. The molecule has 2 bridgehead atoms. The third-order valence-electron chi connectivity index (χ3n) is 9.53. The summed E-state index contributed by atoms with van der Waals surface area (Å²) in [5, 5.41) is 5.83. The fourth-order valence-electron chi connectivity index (χ4n) is 7.64. The highest BCUT2D eigenvalue weighted by Crippen LogP contribution is 2.53. The van der Waals surface area contributed by atoms with Crippen LogP contribution in [0.25, 0.3) is 27.1 Å². The van der Waals surface area contributed by atoms with Crippen molar-refractivity contribution in [3.8, 4) is 11.3 Å². The van der Waals surface area contributed by atoms with Crippen molar-refractivity contribution in [2.24, 2.45) is 5.92 Å². The van der Waals surface area contributed by atoms with Gasteiger partial charge in [-0.3, -0.25) is 4.90 Å². The first-order valence-corrected chi connectivity index (χ1v) is 16.2. The molecule has 4 aromatic rings. The van der Waals surface area contributed by atoms with E-state index in [-0.39, 0.29) is 6.04 Å². The Morgan fingerprint density at radius 3 is 2.59 bits per heavy atom. The van der Waals surface area contributed by atoms with Crippen LogP contribution in [0.1, 0.15) is 72.1 Å². The van der Waals surface area contributed by atoms with Gasteiger partial charge in [0.1, 0.15) is 11.2 Å². The predicted octanol–water partition coefficient (Wildman–Crippen LogP) is 5.35. The quantitative estimate of drug-likeness (QED) is 0.379. The number of aryl methyl sites for hydroxylation is 2. The van der Waals surface area contributed by atoms with E-state index in [1.54, 1.807) is 11.2 Å². The summed E-state index contributed by atoms with van der Waals surface area (Å²) >= 11 is 1.95. The van der Waals surface area contributed by atoms with E-state index in [1.165, 1.54) is 50.1 Å². The Morgan fingerprint density at radius 2 is 1.92 bits per heavy atom. The van der Waals surface area contributed by atoms with Crippen LogP contribution in [-0.4, -0.2) is 63.0 Å². The fourth-order valence-corrected chi connectivity index (χ4v) is 10.8. The minimum atomic E-state index is -2.84. The number of hydrogen-bond donors (Lipinski definition) is 1. The van der Waals surface area contributed by atoms with Crippen molar-refractivity contribution in [1.29, 1.82) is 0 Å². The molecule has 37 heavy (non-hydrogen) atoms. The van der Waals surface area contributed by atoms with Crippen molar-refractivity contribution < 1.29 is 8.42 Å². The van der Waals surface area contributed by atoms with Crippen LogP contribution in [0.15, 0.2) is 12.5 Å². The summed E-state index contributed by atoms with van der Waals surface area (Å²) in [6.07, 6.45) is 6.94. The van der Waals surface area contributed by atoms with E-state index < -0.39 is 9.84 Å². The van der Waals surface area contributed by atoms with Gasteiger partial charge in [0.25, 0.3) is 0 Å². The lowest BCUT2D eigenvalue weighted by Gasteiger charge is -2.35. The number of aromatic nitrogens is 4. The highest BCUT2D eigenvalue weighted by Gasteiger charge is 2.49. The van der Waals surface area contributed by atoms with E-state index in [2.05, 4.69) is 60.8 Å². The Balaban J connectivity index is 1.25. The van der Waals surface area contributed by atoms with Gasteiger partial charge in [0.15, 0.2) is 15.5 Å². The molecule has 3 aliphatic rings. The van der Waals surface area contributed by atoms with E-state index in [1.807, 2.05) is 15.9 Å². The molecule has 7 rings (SSSR count). The van der Waals surface area contributed by atoms with E-state index in [0.717, 1.165) is 25.0 Å². The first-order valence-electron chi connectivity index (χ1n) is 13.5. The maximum Gasteiger partial charge on any atom is 0.158 e. The topological polar surface area (TPSA) is 83.4 Å². The smallest absolute Gasteiger partial charge is 0.158 e. The average molecular weight is 538 g/mol. The SMILES string of the molecule is Cc1c(-c2[nH]c3sc([C@@H]4C[C@@H]5C[C@H]4CN5C4CCS(=O)(=O)C4)c(C)c3c2C(C)C)cn2ncnc2c1C. The van der Waals surface area contributed by atoms with Gasteiger partial charge in [0, 0.05) is 40.7 Å². The van der Waals surface area contributed by atoms with E-state index in [4.69, 9.17) is 0 Å². The van der Waals surface area contributed by atoms with Crippen molar-refractivity contribution in [3.05, 3.63) is 39.7 Å². The van der Waals surface area contributed by atoms with Gasteiger partial charge in [-0.25, -0.2) is 17.9 Å². The molecular formula is C28H35N5O2S2. The molecule has 2 saturated heterocycles. The maximum absolute atomic E-state index is 12.1. The van der Waals surface area contributed by atoms with Gasteiger partial charge in [-0.1, -0.05) is 13.8 Å². The fraction of sp³-hybridized carbons (Fsp3) is 0.571. The van der Waals surface area contributed by atoms with Crippen molar-refractivity contribution in [2.75, 3.05) is 18.1 Å². The number of fused-ring (bicyclic) bond motifs is 4. The number of sulfone groups is 1. The zero-order chi connectivity index (χ0) is 25.8. The molecule has 7 nitrogen and oxygen atoms in total. The highest BCUT2D eigenvalue weighted by molar-refractivity contribution is 7.91. The summed E-state index contributed by atoms with van der Waals surface area (Å²) in [6, 6.07) is 0.775. The molecule has 9 heteroatoms. The van der Waals surface area contributed by atoms with Crippen LogP contribution in [0.4, 0.5) is 0 Å². The molecular weight excluding hydrogens is 502 g/mol. The monoisotopic (exact) mass is 537 g/mol. The molecule has 1 aliphatic carbocycles. The Bertz CT molecular complexity index is 1660. The van der Waals surface area contributed by atoms with Gasteiger partial charge in [0.2, 0.25) is 0 Å². The number of nitrogens with one attached hydrogen (secondary N) is 1. The van der Waals surface area contributed by atoms with Gasteiger partial charge >= 0.3 is 0 Å². The molecule has 4 atom stereocenters. The van der Waals surface area contributed by atoms with Crippen molar-refractivity contribution in [3.63, 3.8) is 0 Å². The van der Waals surface area contributed by atoms with Gasteiger partial charge in [-0.05, 0) is 80.0 Å². The minimum absolute atomic E-state index is 0.240. The lowest BCUT2D eigenvalue weighted by molar-refractivity contribution is 0.153. The zero-order valence-electron chi connectivity index (χ0n) is 22.2. The number of aromatic amines is 1. The molecule has 0 radical (unpaired) electrons. The Labute approximate surface area is 222 Å². The molecule has 196 valence electrons. The summed E-state index contributed by atoms with van der Waals surface area (Å²) in [5.41, 5.74) is 8.58. The normalized spacial score (nSPS) is 27.5. The molecule has 1 saturated carbocycles. The van der Waals surface area contributed by atoms with Crippen LogP contribution in [0.5, 0.6) is 0 Å². The zero-order valence-corrected chi connectivity index (χ0v) is 23.8. The Morgan fingerprint density at radius 1 is 1.11 bits per heavy atom. The average Bonchev–Trinajstić information content (AvgIpc) is 3.66. The Kier molecular flexibility index (Phi) is 5.24. The van der Waals surface area contributed by atoms with Crippen LogP contribution in [0.2, 0.25) is 0 Å². The summed E-state index contributed by atoms with van der Waals surface area (Å²) in [4.78, 5) is 13.7. The number of thiophene rings is 1. The third-order valence-corrected chi connectivity index (χ3v) is 12.6. The summed E-state index contributed by atoms with van der Waals surface area (Å²) < 4.78 is 26.0. The van der Waals surface area contributed by atoms with Crippen molar-refractivity contribution >= 4 is 37.0 Å². The number of H-pyrrole nitrogens is 1. The molecule has 1 N–H and O–H groups in total. The van der Waals surface area contributed by atoms with Gasteiger partial charge < -0.3 is 4.98 Å². The van der Waals surface area contributed by atoms with Gasteiger partial charge in [-0.2, -0.15) is 5.10 Å². The second kappa shape index (κ2) is 8.13. The second-order valence-corrected chi connectivity index (χ2v) is 15.2. The molecule has 6 heterocycles. The van der Waals surface area contributed by atoms with Crippen LogP contribution in [0, 0.1) is 26.7 Å². The molecule has 0 aromatic carbocycles. The molecule has 2 aliphatic heterocycles. The third kappa shape index (κ3) is 3.49. The highest BCUT2D eigenvalue weighted by atomic mass is 32.2. The van der Waals surface area contributed by atoms with E-state index in [9.17, 15) is 8.42 Å². The first kappa shape index (κ1) is 23.9. The maximum atomic E-state index is 12.1. The van der Waals surface area contributed by atoms with E-state index >= 15 is 0 Å². The van der Waals surface area contributed by atoms with Crippen LogP contribution in [-0.2, 0) is 9.84 Å². The molecule has 0 amide bonds. The first-order chi connectivity index (χ1) is 17.6. The van der Waals surface area contributed by atoms with Crippen molar-refractivity contribution in [1.82, 2.24) is 24.5 Å². The molecule has 1 unspecified atom stereocenters. The number of rotatable bonds is 4. The van der Waals surface area contributed by atoms with Crippen molar-refractivity contribution in [2.45, 2.75) is 77.8 Å². The summed E-state index contributed by atoms with van der Waals surface area (Å²) in [7, 11) is -2.84. The summed E-state index contributed by atoms with van der Waals surface area (Å²) in [5.74, 6) is 2.34. The largest absolute Gasteiger partial charge is 0.346 e. The van der Waals surface area contributed by atoms with Crippen LogP contribution in [0.3, 0.4) is 0 Å². The minimum Gasteiger partial charge on any atom is -0.346 e. The standard InChI is InChI=1S/C28H35N5O2S2/c1-14(2)23-24-17(5)26(21-9-20-8-18(21)10-32(20)19-6-7-37(34,35)12-19)36-28(24)31-25(23)22-11-33-27(29-13-30-33)16(4)15(22)3/h11,13-14,18-21,31H,6-10,12H2,1-5H3/t18-,19?,20-,21+/m0/s1. The predicted molar refractivity (Wildman–Crippen MR) is 149 cm³/mol. The molecule has 4 aromatic heterocycles. The summed E-state index contributed by atoms with van der Waals surface area (Å²) in [6.45, 7) is 12.3. The van der Waals surface area contributed by atoms with Crippen LogP contribution >= 0.6 is 11.3 Å². The lowest BCUT2D eigenvalue weighted by atomic mass is 9.88. The van der Waals surface area contributed by atoms with Crippen LogP contribution < -0.4 is 0 Å². The van der Waals surface area contributed by atoms with E-state index in [0.29, 0.717) is 35.3 Å². The Hall–Kier alpha value is -2.23. The second-order valence-electron chi connectivity index (χ2n) is 11.9. The number of piperidine rings is 1. The lowest BCUT2D eigenvalue weighted by Crippen LogP contribution is -2.43. The number of hydrogen-bond acceptors (Lipinski definition) is 6.